The zero-order valence-corrected chi connectivity index (χ0v) is 14.5. The fourth-order valence-electron chi connectivity index (χ4n) is 2.35. The number of rotatable bonds is 3. The molecule has 1 N–H and O–H groups in total. The molecule has 1 aromatic heterocycles. The van der Waals surface area contributed by atoms with Gasteiger partial charge in [0.05, 0.1) is 7.11 Å². The molecule has 0 bridgehead atoms. The van der Waals surface area contributed by atoms with Gasteiger partial charge in [-0.05, 0) is 42.5 Å². The average molecular weight is 304 g/mol. The normalized spacial score (nSPS) is 13.3. The lowest BCUT2D eigenvalue weighted by molar-refractivity contribution is 0.218. The number of hydrogen-bond donors (Lipinski definition) is 1. The number of aliphatic hydroxyl groups is 1. The highest BCUT2D eigenvalue weighted by atomic mass is 32.1. The average Bonchev–Trinajstić information content (AvgIpc) is 2.90. The molecule has 1 aromatic carbocycles. The Morgan fingerprint density at radius 1 is 1.10 bits per heavy atom. The summed E-state index contributed by atoms with van der Waals surface area (Å²) < 4.78 is 5.52. The fraction of sp³-hybridized carbons (Fsp3) is 0.444. The van der Waals surface area contributed by atoms with E-state index in [2.05, 4.69) is 33.8 Å². The van der Waals surface area contributed by atoms with Gasteiger partial charge in [0.25, 0.3) is 0 Å². The van der Waals surface area contributed by atoms with Crippen LogP contribution in [0.3, 0.4) is 0 Å². The van der Waals surface area contributed by atoms with Crippen LogP contribution in [0.1, 0.15) is 53.3 Å². The third-order valence-corrected chi connectivity index (χ3v) is 5.40. The summed E-state index contributed by atoms with van der Waals surface area (Å²) in [5.41, 5.74) is 3.20. The van der Waals surface area contributed by atoms with E-state index in [1.165, 1.54) is 10.4 Å². The first kappa shape index (κ1) is 16.1. The smallest absolute Gasteiger partial charge is 0.128 e. The highest BCUT2D eigenvalue weighted by Crippen LogP contribution is 2.38. The van der Waals surface area contributed by atoms with Crippen molar-refractivity contribution in [3.8, 4) is 5.75 Å². The number of aryl methyl sites for hydroxylation is 1. The van der Waals surface area contributed by atoms with Gasteiger partial charge in [0.1, 0.15) is 11.9 Å². The van der Waals surface area contributed by atoms with Crippen molar-refractivity contribution in [2.24, 2.45) is 0 Å². The van der Waals surface area contributed by atoms with Crippen molar-refractivity contribution in [1.82, 2.24) is 0 Å². The lowest BCUT2D eigenvalue weighted by Gasteiger charge is -2.18. The molecular formula is C18H24O2S. The molecule has 1 heterocycles. The second-order valence-electron chi connectivity index (χ2n) is 6.48. The van der Waals surface area contributed by atoms with Gasteiger partial charge in [-0.15, -0.1) is 11.3 Å². The Balaban J connectivity index is 2.43. The molecule has 2 nitrogen and oxygen atoms in total. The molecule has 0 radical (unpaired) electrons. The highest BCUT2D eigenvalue weighted by molar-refractivity contribution is 7.12. The number of thiophene rings is 1. The number of methoxy groups -OCH3 is 1. The van der Waals surface area contributed by atoms with E-state index in [4.69, 9.17) is 4.74 Å². The first-order valence-corrected chi connectivity index (χ1v) is 7.99. The third-order valence-electron chi connectivity index (χ3n) is 3.84. The van der Waals surface area contributed by atoms with Gasteiger partial charge in [0.2, 0.25) is 0 Å². The van der Waals surface area contributed by atoms with Crippen LogP contribution in [-0.2, 0) is 5.41 Å². The molecule has 1 atom stereocenters. The topological polar surface area (TPSA) is 29.5 Å². The van der Waals surface area contributed by atoms with E-state index in [-0.39, 0.29) is 5.41 Å². The Labute approximate surface area is 131 Å². The lowest BCUT2D eigenvalue weighted by Crippen LogP contribution is -2.08. The minimum Gasteiger partial charge on any atom is -0.496 e. The molecule has 0 saturated heterocycles. The number of benzene rings is 1. The predicted molar refractivity (Wildman–Crippen MR) is 89.5 cm³/mol. The van der Waals surface area contributed by atoms with Crippen LogP contribution in [-0.4, -0.2) is 12.2 Å². The Kier molecular flexibility index (Phi) is 4.45. The summed E-state index contributed by atoms with van der Waals surface area (Å²) in [5.74, 6) is 0.785. The maximum Gasteiger partial charge on any atom is 0.128 e. The van der Waals surface area contributed by atoms with Crippen LogP contribution in [0.4, 0.5) is 0 Å². The van der Waals surface area contributed by atoms with Crippen molar-refractivity contribution >= 4 is 11.3 Å². The Morgan fingerprint density at radius 3 is 2.29 bits per heavy atom. The summed E-state index contributed by atoms with van der Waals surface area (Å²) >= 11 is 1.67. The van der Waals surface area contributed by atoms with E-state index >= 15 is 0 Å². The first-order chi connectivity index (χ1) is 9.75. The summed E-state index contributed by atoms with van der Waals surface area (Å²) in [6, 6.07) is 8.12. The monoisotopic (exact) mass is 304 g/mol. The molecule has 2 rings (SSSR count). The van der Waals surface area contributed by atoms with Gasteiger partial charge in [0.15, 0.2) is 0 Å². The molecule has 21 heavy (non-hydrogen) atoms. The SMILES string of the molecule is COc1c(C(O)c2ccc(C(C)(C)C)s2)ccc(C)c1C. The molecule has 0 spiro atoms. The van der Waals surface area contributed by atoms with Gasteiger partial charge < -0.3 is 9.84 Å². The van der Waals surface area contributed by atoms with Crippen molar-refractivity contribution in [2.75, 3.05) is 7.11 Å². The zero-order valence-electron chi connectivity index (χ0n) is 13.7. The van der Waals surface area contributed by atoms with Gasteiger partial charge in [-0.3, -0.25) is 0 Å². The first-order valence-electron chi connectivity index (χ1n) is 7.18. The summed E-state index contributed by atoms with van der Waals surface area (Å²) in [7, 11) is 1.66. The lowest BCUT2D eigenvalue weighted by atomic mass is 9.95. The van der Waals surface area contributed by atoms with Crippen molar-refractivity contribution < 1.29 is 9.84 Å². The van der Waals surface area contributed by atoms with E-state index < -0.39 is 6.10 Å². The van der Waals surface area contributed by atoms with Crippen molar-refractivity contribution in [3.05, 3.63) is 50.7 Å². The van der Waals surface area contributed by atoms with E-state index in [1.54, 1.807) is 18.4 Å². The Morgan fingerprint density at radius 2 is 1.76 bits per heavy atom. The third kappa shape index (κ3) is 3.14. The van der Waals surface area contributed by atoms with Crippen LogP contribution in [0, 0.1) is 13.8 Å². The zero-order chi connectivity index (χ0) is 15.8. The molecule has 0 saturated carbocycles. The summed E-state index contributed by atoms with van der Waals surface area (Å²) in [6.07, 6.45) is -0.639. The molecule has 2 aromatic rings. The van der Waals surface area contributed by atoms with Crippen molar-refractivity contribution in [2.45, 2.75) is 46.1 Å². The van der Waals surface area contributed by atoms with Gasteiger partial charge >= 0.3 is 0 Å². The second-order valence-corrected chi connectivity index (χ2v) is 7.60. The molecule has 0 fully saturated rings. The maximum atomic E-state index is 10.7. The molecule has 0 aliphatic heterocycles. The van der Waals surface area contributed by atoms with E-state index in [0.717, 1.165) is 21.8 Å². The molecule has 0 aliphatic rings. The molecule has 3 heteroatoms. The van der Waals surface area contributed by atoms with Gasteiger partial charge in [-0.2, -0.15) is 0 Å². The molecule has 0 amide bonds. The van der Waals surface area contributed by atoms with Crippen molar-refractivity contribution in [1.29, 1.82) is 0 Å². The fourth-order valence-corrected chi connectivity index (χ4v) is 3.42. The Bertz CT molecular complexity index is 635. The highest BCUT2D eigenvalue weighted by Gasteiger charge is 2.22. The maximum absolute atomic E-state index is 10.7. The molecular weight excluding hydrogens is 280 g/mol. The van der Waals surface area contributed by atoms with Crippen molar-refractivity contribution in [3.63, 3.8) is 0 Å². The van der Waals surface area contributed by atoms with E-state index in [9.17, 15) is 5.11 Å². The van der Waals surface area contributed by atoms with Crippen LogP contribution in [0.5, 0.6) is 5.75 Å². The van der Waals surface area contributed by atoms with Crippen LogP contribution >= 0.6 is 11.3 Å². The van der Waals surface area contributed by atoms with E-state index in [1.807, 2.05) is 25.1 Å². The van der Waals surface area contributed by atoms with Crippen LogP contribution in [0.15, 0.2) is 24.3 Å². The second kappa shape index (κ2) is 5.82. The number of ether oxygens (including phenoxy) is 1. The van der Waals surface area contributed by atoms with Gasteiger partial charge in [-0.25, -0.2) is 0 Å². The minimum absolute atomic E-state index is 0.107. The molecule has 1 unspecified atom stereocenters. The Hall–Kier alpha value is -1.32. The van der Waals surface area contributed by atoms with E-state index in [0.29, 0.717) is 0 Å². The van der Waals surface area contributed by atoms with Crippen LogP contribution in [0.2, 0.25) is 0 Å². The standard InChI is InChI=1S/C18H24O2S/c1-11-7-8-13(17(20-6)12(11)2)16(19)14-9-10-15(21-14)18(3,4)5/h7-10,16,19H,1-6H3. The minimum atomic E-state index is -0.639. The predicted octanol–water partition coefficient (Wildman–Crippen LogP) is 4.75. The summed E-state index contributed by atoms with van der Waals surface area (Å²) in [4.78, 5) is 2.24. The quantitative estimate of drug-likeness (QED) is 0.886. The van der Waals surface area contributed by atoms with Gasteiger partial charge in [-0.1, -0.05) is 32.9 Å². The molecule has 114 valence electrons. The number of hydrogen-bond acceptors (Lipinski definition) is 3. The van der Waals surface area contributed by atoms with Crippen LogP contribution in [0.25, 0.3) is 0 Å². The number of aliphatic hydroxyl groups excluding tert-OH is 1. The van der Waals surface area contributed by atoms with Gasteiger partial charge in [0, 0.05) is 15.3 Å². The summed E-state index contributed by atoms with van der Waals surface area (Å²) in [5, 5.41) is 10.7. The van der Waals surface area contributed by atoms with Crippen LogP contribution < -0.4 is 4.74 Å². The molecule has 0 aliphatic carbocycles. The largest absolute Gasteiger partial charge is 0.496 e. The summed E-state index contributed by atoms with van der Waals surface area (Å²) in [6.45, 7) is 10.6.